The standard InChI is InChI=1S/C10H22N4O/c1-2-6-12-10(14-11)13-7-5-9-4-3-8-15-9/h9H,2-8,11H2,1H3,(H2,12,13,14). The van der Waals surface area contributed by atoms with Gasteiger partial charge in [-0.15, -0.1) is 0 Å². The molecule has 1 aliphatic heterocycles. The van der Waals surface area contributed by atoms with Gasteiger partial charge in [-0.1, -0.05) is 6.92 Å². The number of nitrogens with one attached hydrogen (secondary N) is 2. The lowest BCUT2D eigenvalue weighted by Gasteiger charge is -2.12. The lowest BCUT2D eigenvalue weighted by molar-refractivity contribution is 0.105. The first-order chi connectivity index (χ1) is 7.36. The highest BCUT2D eigenvalue weighted by molar-refractivity contribution is 5.79. The summed E-state index contributed by atoms with van der Waals surface area (Å²) in [6, 6.07) is 0. The molecule has 1 rings (SSSR count). The van der Waals surface area contributed by atoms with Gasteiger partial charge < -0.3 is 10.1 Å². The third kappa shape index (κ3) is 4.99. The van der Waals surface area contributed by atoms with Gasteiger partial charge in [0.2, 0.25) is 5.96 Å². The van der Waals surface area contributed by atoms with Crippen LogP contribution < -0.4 is 16.6 Å². The van der Waals surface area contributed by atoms with Crippen LogP contribution in [0.25, 0.3) is 0 Å². The van der Waals surface area contributed by atoms with Crippen molar-refractivity contribution >= 4 is 5.96 Å². The van der Waals surface area contributed by atoms with Gasteiger partial charge in [-0.05, 0) is 25.7 Å². The molecule has 1 aliphatic rings. The van der Waals surface area contributed by atoms with Crippen LogP contribution in [0.2, 0.25) is 0 Å². The van der Waals surface area contributed by atoms with Gasteiger partial charge in [0.15, 0.2) is 0 Å². The Morgan fingerprint density at radius 3 is 3.07 bits per heavy atom. The fraction of sp³-hybridized carbons (Fsp3) is 0.900. The lowest BCUT2D eigenvalue weighted by atomic mass is 10.2. The van der Waals surface area contributed by atoms with Gasteiger partial charge in [-0.3, -0.25) is 10.4 Å². The van der Waals surface area contributed by atoms with Crippen molar-refractivity contribution in [2.45, 2.75) is 38.7 Å². The van der Waals surface area contributed by atoms with Crippen LogP contribution in [0.4, 0.5) is 0 Å². The molecule has 5 heteroatoms. The summed E-state index contributed by atoms with van der Waals surface area (Å²) in [6.07, 6.45) is 4.84. The van der Waals surface area contributed by atoms with E-state index in [0.29, 0.717) is 12.1 Å². The molecule has 0 saturated carbocycles. The number of hydrazine groups is 1. The van der Waals surface area contributed by atoms with Crippen molar-refractivity contribution in [3.63, 3.8) is 0 Å². The van der Waals surface area contributed by atoms with Gasteiger partial charge >= 0.3 is 0 Å². The molecule has 0 aromatic heterocycles. The second kappa shape index (κ2) is 7.48. The summed E-state index contributed by atoms with van der Waals surface area (Å²) in [5.41, 5.74) is 2.56. The summed E-state index contributed by atoms with van der Waals surface area (Å²) in [7, 11) is 0. The molecule has 1 unspecified atom stereocenters. The third-order valence-electron chi connectivity index (χ3n) is 2.41. The van der Waals surface area contributed by atoms with Crippen molar-refractivity contribution < 1.29 is 4.74 Å². The summed E-state index contributed by atoms with van der Waals surface area (Å²) in [6.45, 7) is 4.66. The van der Waals surface area contributed by atoms with Crippen molar-refractivity contribution in [2.75, 3.05) is 19.7 Å². The van der Waals surface area contributed by atoms with Crippen molar-refractivity contribution in [1.82, 2.24) is 10.7 Å². The molecule has 1 atom stereocenters. The first kappa shape index (κ1) is 12.3. The topological polar surface area (TPSA) is 71.7 Å². The Hall–Kier alpha value is -0.810. The number of ether oxygens (including phenoxy) is 1. The van der Waals surface area contributed by atoms with Gasteiger partial charge in [0.05, 0.1) is 6.10 Å². The smallest absolute Gasteiger partial charge is 0.205 e. The Labute approximate surface area is 91.4 Å². The Morgan fingerprint density at radius 2 is 2.47 bits per heavy atom. The number of hydrogen-bond acceptors (Lipinski definition) is 3. The molecule has 88 valence electrons. The van der Waals surface area contributed by atoms with Crippen molar-refractivity contribution in [3.05, 3.63) is 0 Å². The first-order valence-corrected chi connectivity index (χ1v) is 5.73. The van der Waals surface area contributed by atoms with Gasteiger partial charge in [-0.25, -0.2) is 5.84 Å². The molecule has 0 bridgehead atoms. The molecule has 0 aliphatic carbocycles. The fourth-order valence-corrected chi connectivity index (χ4v) is 1.60. The molecule has 1 fully saturated rings. The largest absolute Gasteiger partial charge is 0.378 e. The average Bonchev–Trinajstić information content (AvgIpc) is 2.76. The van der Waals surface area contributed by atoms with Crippen LogP contribution in [0.5, 0.6) is 0 Å². The monoisotopic (exact) mass is 214 g/mol. The fourth-order valence-electron chi connectivity index (χ4n) is 1.60. The Kier molecular flexibility index (Phi) is 6.11. The molecule has 1 saturated heterocycles. The minimum atomic E-state index is 0.419. The van der Waals surface area contributed by atoms with E-state index < -0.39 is 0 Å². The Morgan fingerprint density at radius 1 is 1.60 bits per heavy atom. The normalized spacial score (nSPS) is 21.7. The van der Waals surface area contributed by atoms with E-state index in [0.717, 1.165) is 32.5 Å². The number of rotatable bonds is 5. The summed E-state index contributed by atoms with van der Waals surface area (Å²) in [4.78, 5) is 4.25. The van der Waals surface area contributed by atoms with Crippen molar-refractivity contribution in [3.8, 4) is 0 Å². The minimum absolute atomic E-state index is 0.419. The molecular formula is C10H22N4O. The minimum Gasteiger partial charge on any atom is -0.378 e. The van der Waals surface area contributed by atoms with Crippen molar-refractivity contribution in [1.29, 1.82) is 0 Å². The van der Waals surface area contributed by atoms with Crippen LogP contribution in [0.3, 0.4) is 0 Å². The summed E-state index contributed by atoms with van der Waals surface area (Å²) < 4.78 is 5.52. The van der Waals surface area contributed by atoms with Crippen LogP contribution >= 0.6 is 0 Å². The number of guanidine groups is 1. The van der Waals surface area contributed by atoms with E-state index in [9.17, 15) is 0 Å². The SMILES string of the molecule is CCCN=C(NN)NCCC1CCCO1. The molecule has 5 nitrogen and oxygen atoms in total. The second-order valence-electron chi connectivity index (χ2n) is 3.73. The molecule has 1 heterocycles. The van der Waals surface area contributed by atoms with Crippen LogP contribution in [0, 0.1) is 0 Å². The molecule has 0 spiro atoms. The third-order valence-corrected chi connectivity index (χ3v) is 2.41. The van der Waals surface area contributed by atoms with E-state index in [-0.39, 0.29) is 0 Å². The van der Waals surface area contributed by atoms with E-state index in [1.165, 1.54) is 12.8 Å². The predicted molar refractivity (Wildman–Crippen MR) is 61.5 cm³/mol. The highest BCUT2D eigenvalue weighted by Crippen LogP contribution is 2.14. The zero-order valence-corrected chi connectivity index (χ0v) is 9.46. The molecular weight excluding hydrogens is 192 g/mol. The number of aliphatic imine (C=N–C) groups is 1. The van der Waals surface area contributed by atoms with Crippen LogP contribution in [0.15, 0.2) is 4.99 Å². The number of hydrogen-bond donors (Lipinski definition) is 3. The molecule has 0 radical (unpaired) electrons. The summed E-state index contributed by atoms with van der Waals surface area (Å²) in [5.74, 6) is 6.01. The maximum atomic E-state index is 5.52. The molecule has 0 aromatic rings. The number of nitrogens with two attached hydrogens (primary N) is 1. The zero-order valence-electron chi connectivity index (χ0n) is 9.46. The van der Waals surface area contributed by atoms with Gasteiger partial charge in [-0.2, -0.15) is 0 Å². The predicted octanol–water partition coefficient (Wildman–Crippen LogP) is 0.374. The first-order valence-electron chi connectivity index (χ1n) is 5.73. The Bertz CT molecular complexity index is 190. The highest BCUT2D eigenvalue weighted by Gasteiger charge is 2.14. The lowest BCUT2D eigenvalue weighted by Crippen LogP contribution is -2.42. The van der Waals surface area contributed by atoms with E-state index >= 15 is 0 Å². The molecule has 4 N–H and O–H groups in total. The highest BCUT2D eigenvalue weighted by atomic mass is 16.5. The maximum Gasteiger partial charge on any atom is 0.205 e. The van der Waals surface area contributed by atoms with E-state index in [1.807, 2.05) is 0 Å². The quantitative estimate of drug-likeness (QED) is 0.268. The summed E-state index contributed by atoms with van der Waals surface area (Å²) >= 11 is 0. The Balaban J connectivity index is 2.10. The van der Waals surface area contributed by atoms with Crippen LogP contribution in [-0.2, 0) is 4.74 Å². The second-order valence-corrected chi connectivity index (χ2v) is 3.73. The molecule has 15 heavy (non-hydrogen) atoms. The van der Waals surface area contributed by atoms with E-state index in [1.54, 1.807) is 0 Å². The maximum absolute atomic E-state index is 5.52. The van der Waals surface area contributed by atoms with Gasteiger partial charge in [0.25, 0.3) is 0 Å². The van der Waals surface area contributed by atoms with Crippen LogP contribution in [0.1, 0.15) is 32.6 Å². The zero-order chi connectivity index (χ0) is 10.9. The van der Waals surface area contributed by atoms with E-state index in [2.05, 4.69) is 22.7 Å². The summed E-state index contributed by atoms with van der Waals surface area (Å²) in [5, 5.41) is 3.16. The molecule has 0 amide bonds. The van der Waals surface area contributed by atoms with Gasteiger partial charge in [0.1, 0.15) is 0 Å². The average molecular weight is 214 g/mol. The van der Waals surface area contributed by atoms with Gasteiger partial charge in [0, 0.05) is 19.7 Å². The van der Waals surface area contributed by atoms with E-state index in [4.69, 9.17) is 10.6 Å². The molecule has 0 aromatic carbocycles. The van der Waals surface area contributed by atoms with Crippen LogP contribution in [-0.4, -0.2) is 31.8 Å². The number of nitrogens with zero attached hydrogens (tertiary/aromatic N) is 1. The van der Waals surface area contributed by atoms with Crippen molar-refractivity contribution in [2.24, 2.45) is 10.8 Å².